The molecule has 0 radical (unpaired) electrons. The van der Waals surface area contributed by atoms with E-state index >= 15 is 0 Å². The van der Waals surface area contributed by atoms with Crippen LogP contribution in [0.15, 0.2) is 29.2 Å². The summed E-state index contributed by atoms with van der Waals surface area (Å²) in [6, 6.07) is 9.22. The number of rotatable bonds is 6. The first-order valence-corrected chi connectivity index (χ1v) is 7.35. The van der Waals surface area contributed by atoms with E-state index in [-0.39, 0.29) is 0 Å². The number of thioether (sulfide) groups is 1. The van der Waals surface area contributed by atoms with Crippen molar-refractivity contribution in [1.29, 1.82) is 0 Å². The Morgan fingerprint density at radius 2 is 2.29 bits per heavy atom. The number of hydrogen-bond acceptors (Lipinski definition) is 3. The van der Waals surface area contributed by atoms with Crippen molar-refractivity contribution in [2.75, 3.05) is 18.9 Å². The van der Waals surface area contributed by atoms with E-state index in [9.17, 15) is 0 Å². The van der Waals surface area contributed by atoms with Crippen molar-refractivity contribution < 1.29 is 5.11 Å². The topological polar surface area (TPSA) is 32.3 Å². The van der Waals surface area contributed by atoms with Gasteiger partial charge in [0.2, 0.25) is 0 Å². The SMILES string of the molecule is CC(CCCO)NCC1CSc2ccccc21. The fourth-order valence-electron chi connectivity index (χ4n) is 2.24. The van der Waals surface area contributed by atoms with Gasteiger partial charge in [0.25, 0.3) is 0 Å². The molecule has 17 heavy (non-hydrogen) atoms. The molecule has 0 aromatic heterocycles. The van der Waals surface area contributed by atoms with Crippen molar-refractivity contribution in [2.24, 2.45) is 0 Å². The van der Waals surface area contributed by atoms with Crippen molar-refractivity contribution in [3.05, 3.63) is 29.8 Å². The van der Waals surface area contributed by atoms with Crippen LogP contribution in [0.25, 0.3) is 0 Å². The largest absolute Gasteiger partial charge is 0.396 e. The molecule has 3 heteroatoms. The van der Waals surface area contributed by atoms with Crippen LogP contribution in [-0.2, 0) is 0 Å². The molecule has 0 saturated carbocycles. The van der Waals surface area contributed by atoms with E-state index in [0.717, 1.165) is 19.4 Å². The number of aliphatic hydroxyl groups excluding tert-OH is 1. The summed E-state index contributed by atoms with van der Waals surface area (Å²) in [5, 5.41) is 12.4. The van der Waals surface area contributed by atoms with Crippen LogP contribution < -0.4 is 5.32 Å². The molecular formula is C14H21NOS. The van der Waals surface area contributed by atoms with Crippen LogP contribution in [0.3, 0.4) is 0 Å². The molecule has 1 aromatic carbocycles. The third kappa shape index (κ3) is 3.47. The predicted octanol–water partition coefficient (Wildman–Crippen LogP) is 2.63. The van der Waals surface area contributed by atoms with Crippen molar-refractivity contribution in [1.82, 2.24) is 5.32 Å². The van der Waals surface area contributed by atoms with Gasteiger partial charge >= 0.3 is 0 Å². The molecule has 0 spiro atoms. The minimum absolute atomic E-state index is 0.300. The molecule has 0 fully saturated rings. The van der Waals surface area contributed by atoms with E-state index in [1.165, 1.54) is 16.2 Å². The second kappa shape index (κ2) is 6.43. The minimum atomic E-state index is 0.300. The van der Waals surface area contributed by atoms with Gasteiger partial charge in [-0.05, 0) is 31.4 Å². The molecule has 1 aliphatic heterocycles. The molecule has 1 aliphatic rings. The van der Waals surface area contributed by atoms with Crippen molar-refractivity contribution in [2.45, 2.75) is 36.6 Å². The Kier molecular flexibility index (Phi) is 4.89. The van der Waals surface area contributed by atoms with E-state index < -0.39 is 0 Å². The predicted molar refractivity (Wildman–Crippen MR) is 73.7 cm³/mol. The first-order valence-electron chi connectivity index (χ1n) is 6.37. The van der Waals surface area contributed by atoms with Gasteiger partial charge in [-0.25, -0.2) is 0 Å². The van der Waals surface area contributed by atoms with Crippen LogP contribution in [0, 0.1) is 0 Å². The summed E-state index contributed by atoms with van der Waals surface area (Å²) >= 11 is 1.97. The number of benzene rings is 1. The molecule has 2 atom stereocenters. The van der Waals surface area contributed by atoms with Crippen molar-refractivity contribution in [3.8, 4) is 0 Å². The monoisotopic (exact) mass is 251 g/mol. The summed E-state index contributed by atoms with van der Waals surface area (Å²) in [5.41, 5.74) is 1.50. The molecule has 1 aromatic rings. The van der Waals surface area contributed by atoms with E-state index in [2.05, 4.69) is 36.5 Å². The summed E-state index contributed by atoms with van der Waals surface area (Å²) in [4.78, 5) is 1.45. The van der Waals surface area contributed by atoms with Gasteiger partial charge < -0.3 is 10.4 Å². The Hall–Kier alpha value is -0.510. The first kappa shape index (κ1) is 12.9. The highest BCUT2D eigenvalue weighted by Gasteiger charge is 2.22. The summed E-state index contributed by atoms with van der Waals surface area (Å²) < 4.78 is 0. The maximum absolute atomic E-state index is 8.79. The fourth-order valence-corrected chi connectivity index (χ4v) is 3.50. The first-order chi connectivity index (χ1) is 8.31. The number of hydrogen-bond donors (Lipinski definition) is 2. The molecule has 0 amide bonds. The maximum Gasteiger partial charge on any atom is 0.0431 e. The zero-order valence-electron chi connectivity index (χ0n) is 10.4. The van der Waals surface area contributed by atoms with Crippen LogP contribution in [0.1, 0.15) is 31.2 Å². The highest BCUT2D eigenvalue weighted by atomic mass is 32.2. The molecule has 2 N–H and O–H groups in total. The van der Waals surface area contributed by atoms with E-state index in [1.54, 1.807) is 0 Å². The van der Waals surface area contributed by atoms with Crippen LogP contribution in [0.2, 0.25) is 0 Å². The van der Waals surface area contributed by atoms with Crippen LogP contribution in [0.4, 0.5) is 0 Å². The highest BCUT2D eigenvalue weighted by Crippen LogP contribution is 2.38. The summed E-state index contributed by atoms with van der Waals surface area (Å²) in [7, 11) is 0. The zero-order chi connectivity index (χ0) is 12.1. The van der Waals surface area contributed by atoms with E-state index in [4.69, 9.17) is 5.11 Å². The average molecular weight is 251 g/mol. The third-order valence-corrected chi connectivity index (χ3v) is 4.56. The molecule has 2 rings (SSSR count). The Morgan fingerprint density at radius 3 is 3.12 bits per heavy atom. The van der Waals surface area contributed by atoms with Gasteiger partial charge in [0.05, 0.1) is 0 Å². The number of fused-ring (bicyclic) bond motifs is 1. The Balaban J connectivity index is 1.81. The Labute approximate surface area is 108 Å². The van der Waals surface area contributed by atoms with Gasteiger partial charge in [-0.3, -0.25) is 0 Å². The van der Waals surface area contributed by atoms with Crippen molar-refractivity contribution in [3.63, 3.8) is 0 Å². The van der Waals surface area contributed by atoms with E-state index in [1.807, 2.05) is 11.8 Å². The Morgan fingerprint density at radius 1 is 1.47 bits per heavy atom. The average Bonchev–Trinajstić information content (AvgIpc) is 2.77. The van der Waals surface area contributed by atoms with Gasteiger partial charge in [-0.2, -0.15) is 0 Å². The van der Waals surface area contributed by atoms with Crippen molar-refractivity contribution >= 4 is 11.8 Å². The zero-order valence-corrected chi connectivity index (χ0v) is 11.2. The lowest BCUT2D eigenvalue weighted by molar-refractivity contribution is 0.276. The van der Waals surface area contributed by atoms with E-state index in [0.29, 0.717) is 18.6 Å². The van der Waals surface area contributed by atoms with Gasteiger partial charge in [-0.15, -0.1) is 11.8 Å². The van der Waals surface area contributed by atoms with Gasteiger partial charge in [-0.1, -0.05) is 18.2 Å². The second-order valence-electron chi connectivity index (χ2n) is 4.72. The minimum Gasteiger partial charge on any atom is -0.396 e. The molecule has 1 heterocycles. The van der Waals surface area contributed by atoms with Gasteiger partial charge in [0, 0.05) is 35.8 Å². The molecule has 0 bridgehead atoms. The lowest BCUT2D eigenvalue weighted by Gasteiger charge is -2.17. The van der Waals surface area contributed by atoms with Gasteiger partial charge in [0.1, 0.15) is 0 Å². The fraction of sp³-hybridized carbons (Fsp3) is 0.571. The molecule has 0 aliphatic carbocycles. The van der Waals surface area contributed by atoms with Crippen LogP contribution >= 0.6 is 11.8 Å². The smallest absolute Gasteiger partial charge is 0.0431 e. The highest BCUT2D eigenvalue weighted by molar-refractivity contribution is 7.99. The molecule has 2 unspecified atom stereocenters. The molecular weight excluding hydrogens is 230 g/mol. The standard InChI is InChI=1S/C14H21NOS/c1-11(5-4-8-16)15-9-12-10-17-14-7-3-2-6-13(12)14/h2-3,6-7,11-12,15-16H,4-5,8-10H2,1H3. The molecule has 94 valence electrons. The normalized spacial score (nSPS) is 20.2. The molecule has 0 saturated heterocycles. The van der Waals surface area contributed by atoms with Crippen LogP contribution in [-0.4, -0.2) is 30.1 Å². The lowest BCUT2D eigenvalue weighted by atomic mass is 10.0. The maximum atomic E-state index is 8.79. The quantitative estimate of drug-likeness (QED) is 0.815. The van der Waals surface area contributed by atoms with Crippen LogP contribution in [0.5, 0.6) is 0 Å². The summed E-state index contributed by atoms with van der Waals surface area (Å²) in [6.07, 6.45) is 1.95. The molecule has 2 nitrogen and oxygen atoms in total. The number of nitrogens with one attached hydrogen (secondary N) is 1. The second-order valence-corrected chi connectivity index (χ2v) is 5.78. The summed E-state index contributed by atoms with van der Waals surface area (Å²) in [5.74, 6) is 1.84. The number of aliphatic hydroxyl groups is 1. The summed E-state index contributed by atoms with van der Waals surface area (Å²) in [6.45, 7) is 3.55. The Bertz CT molecular complexity index is 356. The van der Waals surface area contributed by atoms with Gasteiger partial charge in [0.15, 0.2) is 0 Å². The third-order valence-electron chi connectivity index (χ3n) is 3.31. The lowest BCUT2D eigenvalue weighted by Crippen LogP contribution is -2.30.